The molecule has 1 aromatic rings. The van der Waals surface area contributed by atoms with Crippen LogP contribution in [-0.4, -0.2) is 12.0 Å². The second kappa shape index (κ2) is 5.06. The van der Waals surface area contributed by atoms with Crippen LogP contribution in [0.3, 0.4) is 0 Å². The number of carbonyl (C=O) groups excluding carboxylic acids is 1. The largest absolute Gasteiger partial charge is 0.304 e. The van der Waals surface area contributed by atoms with Gasteiger partial charge in [-0.05, 0) is 12.8 Å². The van der Waals surface area contributed by atoms with Crippen LogP contribution in [0.15, 0.2) is 24.3 Å². The average molecular weight is 215 g/mol. The molecule has 0 bridgehead atoms. The minimum atomic E-state index is 0.356. The number of nitrogens with one attached hydrogen (secondary N) is 1. The van der Waals surface area contributed by atoms with Crippen LogP contribution >= 0.6 is 0 Å². The number of aldehydes is 1. The molecule has 84 valence electrons. The molecule has 1 fully saturated rings. The first-order chi connectivity index (χ1) is 7.83. The normalized spacial score (nSPS) is 17.0. The summed E-state index contributed by atoms with van der Waals surface area (Å²) in [6.07, 6.45) is 6.79. The molecule has 1 saturated carbocycles. The molecule has 0 aromatic heterocycles. The zero-order chi connectivity index (χ0) is 11.4. The van der Waals surface area contributed by atoms with Gasteiger partial charge in [0.25, 0.3) is 0 Å². The van der Waals surface area contributed by atoms with Gasteiger partial charge in [0.05, 0.1) is 0 Å². The van der Waals surface area contributed by atoms with E-state index >= 15 is 0 Å². The van der Waals surface area contributed by atoms with E-state index in [-0.39, 0.29) is 0 Å². The van der Waals surface area contributed by atoms with Gasteiger partial charge in [-0.2, -0.15) is 0 Å². The summed E-state index contributed by atoms with van der Waals surface area (Å²) in [7, 11) is 0. The molecule has 1 aliphatic rings. The summed E-state index contributed by atoms with van der Waals surface area (Å²) in [4.78, 5) is 10.9. The van der Waals surface area contributed by atoms with Crippen LogP contribution in [0.1, 0.15) is 48.0 Å². The van der Waals surface area contributed by atoms with Gasteiger partial charge < -0.3 is 5.41 Å². The van der Waals surface area contributed by atoms with E-state index in [1.165, 1.54) is 19.3 Å². The number of benzene rings is 1. The van der Waals surface area contributed by atoms with Gasteiger partial charge in [-0.15, -0.1) is 0 Å². The number of hydrogen-bond donors (Lipinski definition) is 1. The average Bonchev–Trinajstić information content (AvgIpc) is 2.39. The van der Waals surface area contributed by atoms with Crippen LogP contribution in [-0.2, 0) is 0 Å². The highest BCUT2D eigenvalue weighted by atomic mass is 16.1. The molecule has 0 heterocycles. The zero-order valence-electron chi connectivity index (χ0n) is 9.41. The minimum Gasteiger partial charge on any atom is -0.304 e. The molecule has 16 heavy (non-hydrogen) atoms. The molecule has 0 saturated heterocycles. The Morgan fingerprint density at radius 2 is 1.88 bits per heavy atom. The summed E-state index contributed by atoms with van der Waals surface area (Å²) >= 11 is 0. The van der Waals surface area contributed by atoms with E-state index in [1.54, 1.807) is 6.07 Å². The van der Waals surface area contributed by atoms with Gasteiger partial charge in [-0.25, -0.2) is 0 Å². The van der Waals surface area contributed by atoms with Gasteiger partial charge in [-0.3, -0.25) is 4.79 Å². The molecule has 1 N–H and O–H groups in total. The molecule has 0 radical (unpaired) electrons. The highest BCUT2D eigenvalue weighted by molar-refractivity contribution is 6.05. The Labute approximate surface area is 96.2 Å². The molecule has 1 aliphatic carbocycles. The van der Waals surface area contributed by atoms with E-state index in [4.69, 9.17) is 5.41 Å². The Bertz CT molecular complexity index is 391. The van der Waals surface area contributed by atoms with E-state index in [0.29, 0.717) is 17.2 Å². The predicted octanol–water partition coefficient (Wildman–Crippen LogP) is 3.45. The van der Waals surface area contributed by atoms with Crippen LogP contribution in [0.5, 0.6) is 0 Å². The molecule has 2 heteroatoms. The minimum absolute atomic E-state index is 0.356. The Morgan fingerprint density at radius 1 is 1.19 bits per heavy atom. The maximum absolute atomic E-state index is 10.9. The van der Waals surface area contributed by atoms with Crippen LogP contribution in [0, 0.1) is 11.3 Å². The lowest BCUT2D eigenvalue weighted by molar-refractivity contribution is 0.112. The number of rotatable bonds is 3. The van der Waals surface area contributed by atoms with E-state index in [9.17, 15) is 4.79 Å². The fraction of sp³-hybridized carbons (Fsp3) is 0.429. The van der Waals surface area contributed by atoms with Crippen LogP contribution in [0.2, 0.25) is 0 Å². The Balaban J connectivity index is 2.22. The second-order valence-electron chi connectivity index (χ2n) is 4.45. The Hall–Kier alpha value is -1.44. The summed E-state index contributed by atoms with van der Waals surface area (Å²) in [5, 5.41) is 8.21. The number of carbonyl (C=O) groups is 1. The third-order valence-electron chi connectivity index (χ3n) is 3.39. The second-order valence-corrected chi connectivity index (χ2v) is 4.45. The molecule has 0 aliphatic heterocycles. The lowest BCUT2D eigenvalue weighted by Crippen LogP contribution is -2.19. The van der Waals surface area contributed by atoms with Crippen molar-refractivity contribution in [2.45, 2.75) is 32.1 Å². The fourth-order valence-corrected chi connectivity index (χ4v) is 2.46. The number of hydrogen-bond acceptors (Lipinski definition) is 2. The highest BCUT2D eigenvalue weighted by Gasteiger charge is 2.20. The van der Waals surface area contributed by atoms with Crippen molar-refractivity contribution in [1.82, 2.24) is 0 Å². The molecular weight excluding hydrogens is 198 g/mol. The molecular formula is C14H17NO. The summed E-state index contributed by atoms with van der Waals surface area (Å²) in [6, 6.07) is 7.43. The van der Waals surface area contributed by atoms with E-state index < -0.39 is 0 Å². The molecule has 0 amide bonds. The van der Waals surface area contributed by atoms with Gasteiger partial charge in [0.1, 0.15) is 0 Å². The molecule has 0 atom stereocenters. The van der Waals surface area contributed by atoms with Crippen LogP contribution < -0.4 is 0 Å². The quantitative estimate of drug-likeness (QED) is 0.609. The van der Waals surface area contributed by atoms with Crippen molar-refractivity contribution in [2.24, 2.45) is 5.92 Å². The van der Waals surface area contributed by atoms with Crippen molar-refractivity contribution in [1.29, 1.82) is 5.41 Å². The van der Waals surface area contributed by atoms with Gasteiger partial charge in [0, 0.05) is 22.8 Å². The van der Waals surface area contributed by atoms with Crippen LogP contribution in [0.4, 0.5) is 0 Å². The van der Waals surface area contributed by atoms with Crippen molar-refractivity contribution < 1.29 is 4.79 Å². The molecule has 0 unspecified atom stereocenters. The SMILES string of the molecule is N=C(c1ccccc1C=O)C1CCCCC1. The Morgan fingerprint density at radius 3 is 2.56 bits per heavy atom. The highest BCUT2D eigenvalue weighted by Crippen LogP contribution is 2.27. The van der Waals surface area contributed by atoms with Gasteiger partial charge in [-0.1, -0.05) is 43.5 Å². The summed E-state index contributed by atoms with van der Waals surface area (Å²) < 4.78 is 0. The van der Waals surface area contributed by atoms with Gasteiger partial charge in [0.15, 0.2) is 6.29 Å². The first kappa shape index (κ1) is 11.1. The zero-order valence-corrected chi connectivity index (χ0v) is 9.41. The van der Waals surface area contributed by atoms with E-state index in [0.717, 1.165) is 24.7 Å². The van der Waals surface area contributed by atoms with Crippen molar-refractivity contribution in [2.75, 3.05) is 0 Å². The third-order valence-corrected chi connectivity index (χ3v) is 3.39. The van der Waals surface area contributed by atoms with Crippen molar-refractivity contribution >= 4 is 12.0 Å². The first-order valence-corrected chi connectivity index (χ1v) is 5.96. The summed E-state index contributed by atoms with van der Waals surface area (Å²) in [6.45, 7) is 0. The molecule has 0 spiro atoms. The van der Waals surface area contributed by atoms with Crippen LogP contribution in [0.25, 0.3) is 0 Å². The predicted molar refractivity (Wildman–Crippen MR) is 65.2 cm³/mol. The summed E-state index contributed by atoms with van der Waals surface area (Å²) in [5.74, 6) is 0.356. The van der Waals surface area contributed by atoms with E-state index in [2.05, 4.69) is 0 Å². The van der Waals surface area contributed by atoms with E-state index in [1.807, 2.05) is 18.2 Å². The standard InChI is InChI=1S/C14H17NO/c15-14(11-6-2-1-3-7-11)13-9-5-4-8-12(13)10-16/h4-5,8-11,15H,1-3,6-7H2. The van der Waals surface area contributed by atoms with Crippen molar-refractivity contribution in [3.8, 4) is 0 Å². The Kier molecular flexibility index (Phi) is 3.50. The van der Waals surface area contributed by atoms with Gasteiger partial charge >= 0.3 is 0 Å². The maximum atomic E-state index is 10.9. The lowest BCUT2D eigenvalue weighted by atomic mass is 9.82. The molecule has 2 rings (SSSR count). The summed E-state index contributed by atoms with van der Waals surface area (Å²) in [5.41, 5.74) is 2.13. The molecule has 2 nitrogen and oxygen atoms in total. The molecule has 1 aromatic carbocycles. The third kappa shape index (κ3) is 2.21. The topological polar surface area (TPSA) is 40.9 Å². The van der Waals surface area contributed by atoms with Crippen molar-refractivity contribution in [3.63, 3.8) is 0 Å². The lowest BCUT2D eigenvalue weighted by Gasteiger charge is -2.23. The monoisotopic (exact) mass is 215 g/mol. The fourth-order valence-electron chi connectivity index (χ4n) is 2.46. The maximum Gasteiger partial charge on any atom is 0.150 e. The first-order valence-electron chi connectivity index (χ1n) is 5.96. The van der Waals surface area contributed by atoms with Crippen molar-refractivity contribution in [3.05, 3.63) is 35.4 Å². The van der Waals surface area contributed by atoms with Gasteiger partial charge in [0.2, 0.25) is 0 Å². The smallest absolute Gasteiger partial charge is 0.150 e.